The molecule has 3 aliphatic rings. The van der Waals surface area contributed by atoms with Gasteiger partial charge in [0.25, 0.3) is 0 Å². The zero-order chi connectivity index (χ0) is 20.1. The lowest BCUT2D eigenvalue weighted by molar-refractivity contribution is -0.114. The number of fused-ring (bicyclic) bond motifs is 1. The average Bonchev–Trinajstić information content (AvgIpc) is 2.67. The van der Waals surface area contributed by atoms with Gasteiger partial charge in [0.05, 0.1) is 26.9 Å². The molecule has 4 rings (SSSR count). The summed E-state index contributed by atoms with van der Waals surface area (Å²) in [4.78, 5) is 26.7. The fraction of sp³-hybridized carbons (Fsp3) is 0.429. The maximum absolute atomic E-state index is 12.5. The highest BCUT2D eigenvalue weighted by molar-refractivity contribution is 6.05. The number of phenols is 1. The van der Waals surface area contributed by atoms with Gasteiger partial charge in [-0.25, -0.2) is 4.79 Å². The Hall–Kier alpha value is -2.96. The number of piperidine rings is 1. The Labute approximate surface area is 163 Å². The Kier molecular flexibility index (Phi) is 4.33. The van der Waals surface area contributed by atoms with E-state index >= 15 is 0 Å². The number of hydrogen-bond acceptors (Lipinski definition) is 6. The van der Waals surface area contributed by atoms with E-state index in [1.807, 2.05) is 6.07 Å². The molecule has 1 heterocycles. The number of carbonyl (C=O) groups excluding carboxylic acids is 2. The monoisotopic (exact) mass is 385 g/mol. The predicted octanol–water partition coefficient (Wildman–Crippen LogP) is 2.46. The quantitative estimate of drug-likeness (QED) is 0.860. The number of likely N-dealkylation sites (tertiary alicyclic amines) is 1. The lowest BCUT2D eigenvalue weighted by atomic mass is 9.58. The van der Waals surface area contributed by atoms with Crippen LogP contribution < -0.4 is 4.74 Å². The van der Waals surface area contributed by atoms with Crippen LogP contribution in [0, 0.1) is 0 Å². The third-order valence-corrected chi connectivity index (χ3v) is 5.93. The Morgan fingerprint density at radius 2 is 2.11 bits per heavy atom. The number of ketones is 1. The number of aromatic hydroxyl groups is 1. The summed E-state index contributed by atoms with van der Waals surface area (Å²) in [6, 6.07) is 3.32. The van der Waals surface area contributed by atoms with Crippen molar-refractivity contribution in [1.29, 1.82) is 0 Å². The topological polar surface area (TPSA) is 85.3 Å². The van der Waals surface area contributed by atoms with Crippen LogP contribution in [-0.2, 0) is 26.1 Å². The summed E-state index contributed by atoms with van der Waals surface area (Å²) in [6.07, 6.45) is 3.94. The second-order valence-electron chi connectivity index (χ2n) is 7.16. The zero-order valence-electron chi connectivity index (χ0n) is 16.2. The first-order chi connectivity index (χ1) is 13.5. The van der Waals surface area contributed by atoms with Gasteiger partial charge in [0.1, 0.15) is 0 Å². The molecule has 0 saturated carbocycles. The van der Waals surface area contributed by atoms with E-state index in [0.29, 0.717) is 25.1 Å². The van der Waals surface area contributed by atoms with Gasteiger partial charge in [0.15, 0.2) is 17.3 Å². The summed E-state index contributed by atoms with van der Waals surface area (Å²) in [6.45, 7) is 2.50. The van der Waals surface area contributed by atoms with Crippen LogP contribution in [0.2, 0.25) is 0 Å². The number of rotatable bonds is 3. The van der Waals surface area contributed by atoms with Crippen LogP contribution in [0.1, 0.15) is 24.5 Å². The number of methoxy groups -OCH3 is 2. The SMILES string of the molecule is CCOC(=O)N1CCC23C=C(OC)C(=O)C=C2C1Cc1ccc(OC)c(O)c13. The molecule has 148 valence electrons. The number of amides is 1. The smallest absolute Gasteiger partial charge is 0.410 e. The van der Waals surface area contributed by atoms with E-state index in [9.17, 15) is 14.7 Å². The summed E-state index contributed by atoms with van der Waals surface area (Å²) in [5.41, 5.74) is 1.70. The third-order valence-electron chi connectivity index (χ3n) is 5.93. The molecule has 0 radical (unpaired) electrons. The van der Waals surface area contributed by atoms with Gasteiger partial charge in [-0.1, -0.05) is 6.07 Å². The van der Waals surface area contributed by atoms with Crippen LogP contribution in [0.5, 0.6) is 11.5 Å². The van der Waals surface area contributed by atoms with Crippen molar-refractivity contribution >= 4 is 11.9 Å². The standard InChI is InChI=1S/C21H23NO6/c1-4-28-20(25)22-8-7-21-11-17(27-3)15(23)10-13(21)14(22)9-12-5-6-16(26-2)19(24)18(12)21/h5-6,10-11,14,24H,4,7-9H2,1-3H3. The Bertz CT molecular complexity index is 918. The maximum Gasteiger partial charge on any atom is 0.410 e. The number of nitrogens with zero attached hydrogens (tertiary/aromatic N) is 1. The average molecular weight is 385 g/mol. The second kappa shape index (κ2) is 6.58. The van der Waals surface area contributed by atoms with Gasteiger partial charge in [0, 0.05) is 17.5 Å². The highest BCUT2D eigenvalue weighted by atomic mass is 16.6. The van der Waals surface area contributed by atoms with Crippen LogP contribution in [0.4, 0.5) is 4.79 Å². The molecule has 1 saturated heterocycles. The van der Waals surface area contributed by atoms with Crippen molar-refractivity contribution in [2.75, 3.05) is 27.4 Å². The van der Waals surface area contributed by atoms with Crippen molar-refractivity contribution in [3.63, 3.8) is 0 Å². The van der Waals surface area contributed by atoms with Gasteiger partial charge in [0.2, 0.25) is 5.78 Å². The molecule has 1 aliphatic heterocycles. The summed E-state index contributed by atoms with van der Waals surface area (Å²) in [5, 5.41) is 11.0. The van der Waals surface area contributed by atoms with Crippen molar-refractivity contribution in [2.45, 2.75) is 31.2 Å². The van der Waals surface area contributed by atoms with Crippen molar-refractivity contribution < 1.29 is 28.9 Å². The largest absolute Gasteiger partial charge is 0.504 e. The molecule has 1 aromatic rings. The fourth-order valence-corrected chi connectivity index (χ4v) is 4.75. The number of allylic oxidation sites excluding steroid dienone is 2. The van der Waals surface area contributed by atoms with Gasteiger partial charge < -0.3 is 24.2 Å². The minimum absolute atomic E-state index is 0.0648. The van der Waals surface area contributed by atoms with E-state index in [4.69, 9.17) is 14.2 Å². The van der Waals surface area contributed by atoms with Gasteiger partial charge >= 0.3 is 6.09 Å². The third kappa shape index (κ3) is 2.42. The minimum atomic E-state index is -0.723. The molecule has 1 amide bonds. The summed E-state index contributed by atoms with van der Waals surface area (Å²) >= 11 is 0. The number of benzene rings is 1. The Morgan fingerprint density at radius 3 is 2.79 bits per heavy atom. The predicted molar refractivity (Wildman–Crippen MR) is 100 cm³/mol. The van der Waals surface area contributed by atoms with Crippen LogP contribution in [0.25, 0.3) is 0 Å². The molecule has 0 spiro atoms. The molecule has 1 N–H and O–H groups in total. The lowest BCUT2D eigenvalue weighted by Gasteiger charge is -2.52. The van der Waals surface area contributed by atoms with E-state index in [-0.39, 0.29) is 29.9 Å². The van der Waals surface area contributed by atoms with Crippen LogP contribution in [0.15, 0.2) is 35.6 Å². The summed E-state index contributed by atoms with van der Waals surface area (Å²) < 4.78 is 15.9. The summed E-state index contributed by atoms with van der Waals surface area (Å²) in [5.74, 6) is 0.440. The molecule has 2 unspecified atom stereocenters. The van der Waals surface area contributed by atoms with Crippen LogP contribution in [-0.4, -0.2) is 55.3 Å². The van der Waals surface area contributed by atoms with E-state index < -0.39 is 11.5 Å². The van der Waals surface area contributed by atoms with Gasteiger partial charge in [-0.15, -0.1) is 0 Å². The summed E-state index contributed by atoms with van der Waals surface area (Å²) in [7, 11) is 2.96. The van der Waals surface area contributed by atoms with Gasteiger partial charge in [-0.05, 0) is 49.1 Å². The normalized spacial score (nSPS) is 25.2. The van der Waals surface area contributed by atoms with Crippen LogP contribution >= 0.6 is 0 Å². The first kappa shape index (κ1) is 18.4. The van der Waals surface area contributed by atoms with E-state index in [0.717, 1.165) is 16.7 Å². The first-order valence-corrected chi connectivity index (χ1v) is 9.32. The molecule has 1 fully saturated rings. The molecule has 7 nitrogen and oxygen atoms in total. The molecule has 28 heavy (non-hydrogen) atoms. The van der Waals surface area contributed by atoms with E-state index in [1.54, 1.807) is 30.0 Å². The molecule has 1 aromatic carbocycles. The molecule has 0 aromatic heterocycles. The minimum Gasteiger partial charge on any atom is -0.504 e. The van der Waals surface area contributed by atoms with Crippen molar-refractivity contribution in [1.82, 2.24) is 4.90 Å². The molecule has 2 bridgehead atoms. The second-order valence-corrected chi connectivity index (χ2v) is 7.16. The van der Waals surface area contributed by atoms with Gasteiger partial charge in [-0.2, -0.15) is 0 Å². The van der Waals surface area contributed by atoms with Crippen molar-refractivity contribution in [3.8, 4) is 11.5 Å². The first-order valence-electron chi connectivity index (χ1n) is 9.32. The number of hydrogen-bond donors (Lipinski definition) is 1. The van der Waals surface area contributed by atoms with Crippen LogP contribution in [0.3, 0.4) is 0 Å². The maximum atomic E-state index is 12.5. The number of phenolic OH excluding ortho intramolecular Hbond substituents is 1. The fourth-order valence-electron chi connectivity index (χ4n) is 4.75. The molecule has 7 heteroatoms. The number of carbonyl (C=O) groups is 2. The van der Waals surface area contributed by atoms with E-state index in [1.165, 1.54) is 14.2 Å². The highest BCUT2D eigenvalue weighted by Gasteiger charge is 2.54. The van der Waals surface area contributed by atoms with Crippen molar-refractivity contribution in [3.05, 3.63) is 46.7 Å². The van der Waals surface area contributed by atoms with Gasteiger partial charge in [-0.3, -0.25) is 4.79 Å². The van der Waals surface area contributed by atoms with E-state index in [2.05, 4.69) is 0 Å². The molecule has 2 atom stereocenters. The number of ether oxygens (including phenoxy) is 3. The molecular formula is C21H23NO6. The lowest BCUT2D eigenvalue weighted by Crippen LogP contribution is -2.57. The highest BCUT2D eigenvalue weighted by Crippen LogP contribution is 2.56. The zero-order valence-corrected chi connectivity index (χ0v) is 16.2. The Morgan fingerprint density at radius 1 is 1.32 bits per heavy atom. The Balaban J connectivity index is 1.94. The van der Waals surface area contributed by atoms with Crippen molar-refractivity contribution in [2.24, 2.45) is 0 Å². The molecule has 2 aliphatic carbocycles. The molecular weight excluding hydrogens is 362 g/mol.